The van der Waals surface area contributed by atoms with Crippen LogP contribution in [0.5, 0.6) is 0 Å². The van der Waals surface area contributed by atoms with Crippen molar-refractivity contribution in [3.8, 4) is 0 Å². The molecule has 0 aliphatic carbocycles. The van der Waals surface area contributed by atoms with Crippen molar-refractivity contribution >= 4 is 17.0 Å². The van der Waals surface area contributed by atoms with E-state index < -0.39 is 0 Å². The van der Waals surface area contributed by atoms with Crippen molar-refractivity contribution in [2.45, 2.75) is 6.92 Å². The number of hydrogen-bond acceptors (Lipinski definition) is 0. The molecule has 0 saturated carbocycles. The van der Waals surface area contributed by atoms with E-state index in [1.807, 2.05) is 12.3 Å². The van der Waals surface area contributed by atoms with Crippen molar-refractivity contribution in [2.24, 2.45) is 0 Å². The summed E-state index contributed by atoms with van der Waals surface area (Å²) in [5.41, 5.74) is 3.65. The van der Waals surface area contributed by atoms with Crippen molar-refractivity contribution in [1.29, 1.82) is 0 Å². The number of hydrogen-bond donors (Lipinski definition) is 1. The normalized spacial score (nSPS) is 10.4. The molecule has 1 aromatic heterocycles. The van der Waals surface area contributed by atoms with E-state index in [9.17, 15) is 0 Å². The number of benzene rings is 1. The second-order valence-electron chi connectivity index (χ2n) is 2.98. The molecule has 0 atom stereocenters. The molecule has 60 valence electrons. The summed E-state index contributed by atoms with van der Waals surface area (Å²) >= 11 is 0. The Balaban J connectivity index is 2.79. The maximum atomic E-state index is 3.74. The molecule has 2 rings (SSSR count). The summed E-state index contributed by atoms with van der Waals surface area (Å²) in [6.45, 7) is 5.84. The molecule has 0 spiro atoms. The van der Waals surface area contributed by atoms with Crippen LogP contribution in [0.1, 0.15) is 11.1 Å². The quantitative estimate of drug-likeness (QED) is 0.654. The van der Waals surface area contributed by atoms with E-state index in [2.05, 4.69) is 36.7 Å². The van der Waals surface area contributed by atoms with Crippen LogP contribution in [0.4, 0.5) is 0 Å². The van der Waals surface area contributed by atoms with Gasteiger partial charge < -0.3 is 4.98 Å². The van der Waals surface area contributed by atoms with Crippen LogP contribution in [0.2, 0.25) is 0 Å². The van der Waals surface area contributed by atoms with E-state index in [1.165, 1.54) is 22.0 Å². The fraction of sp³-hybridized carbons (Fsp3) is 0.0909. The van der Waals surface area contributed by atoms with Gasteiger partial charge in [0.2, 0.25) is 0 Å². The molecule has 0 fully saturated rings. The molecular weight excluding hydrogens is 146 g/mol. The van der Waals surface area contributed by atoms with Gasteiger partial charge >= 0.3 is 0 Å². The predicted octanol–water partition coefficient (Wildman–Crippen LogP) is 3.12. The van der Waals surface area contributed by atoms with Gasteiger partial charge in [-0.3, -0.25) is 0 Å². The highest BCUT2D eigenvalue weighted by Gasteiger charge is 1.98. The number of nitrogens with one attached hydrogen (secondary N) is 1. The van der Waals surface area contributed by atoms with Gasteiger partial charge in [0.05, 0.1) is 0 Å². The molecule has 0 unspecified atom stereocenters. The average molecular weight is 157 g/mol. The van der Waals surface area contributed by atoms with Crippen LogP contribution in [-0.2, 0) is 0 Å². The van der Waals surface area contributed by atoms with Crippen LogP contribution in [0, 0.1) is 6.92 Å². The molecular formula is C11H11N. The Morgan fingerprint density at radius 2 is 2.25 bits per heavy atom. The fourth-order valence-electron chi connectivity index (χ4n) is 1.40. The molecule has 1 heterocycles. The van der Waals surface area contributed by atoms with Crippen molar-refractivity contribution < 1.29 is 0 Å². The molecule has 1 N–H and O–H groups in total. The lowest BCUT2D eigenvalue weighted by Crippen LogP contribution is -1.72. The summed E-state index contributed by atoms with van der Waals surface area (Å²) in [6.07, 6.45) is 3.89. The third kappa shape index (κ3) is 0.944. The van der Waals surface area contributed by atoms with Crippen molar-refractivity contribution in [3.05, 3.63) is 42.1 Å². The van der Waals surface area contributed by atoms with Crippen LogP contribution >= 0.6 is 0 Å². The number of aryl methyl sites for hydroxylation is 1. The Kier molecular flexibility index (Phi) is 1.51. The van der Waals surface area contributed by atoms with Gasteiger partial charge in [0, 0.05) is 17.1 Å². The highest BCUT2D eigenvalue weighted by Crippen LogP contribution is 2.19. The van der Waals surface area contributed by atoms with Crippen molar-refractivity contribution in [1.82, 2.24) is 4.98 Å². The smallest absolute Gasteiger partial charge is 0.0457 e. The van der Waals surface area contributed by atoms with Gasteiger partial charge in [-0.25, -0.2) is 0 Å². The van der Waals surface area contributed by atoms with Gasteiger partial charge in [0.1, 0.15) is 0 Å². The van der Waals surface area contributed by atoms with E-state index in [0.717, 1.165) is 0 Å². The van der Waals surface area contributed by atoms with E-state index in [-0.39, 0.29) is 0 Å². The van der Waals surface area contributed by atoms with E-state index in [0.29, 0.717) is 0 Å². The Labute approximate surface area is 71.7 Å². The Hall–Kier alpha value is -1.50. The lowest BCUT2D eigenvalue weighted by atomic mass is 10.1. The third-order valence-corrected chi connectivity index (χ3v) is 2.15. The summed E-state index contributed by atoms with van der Waals surface area (Å²) in [5.74, 6) is 0. The first-order valence-electron chi connectivity index (χ1n) is 4.01. The van der Waals surface area contributed by atoms with Crippen LogP contribution in [0.3, 0.4) is 0 Å². The van der Waals surface area contributed by atoms with Crippen LogP contribution < -0.4 is 0 Å². The summed E-state index contributed by atoms with van der Waals surface area (Å²) in [4.78, 5) is 3.20. The summed E-state index contributed by atoms with van der Waals surface area (Å²) in [5, 5.41) is 1.28. The number of H-pyrrole nitrogens is 1. The monoisotopic (exact) mass is 157 g/mol. The van der Waals surface area contributed by atoms with E-state index >= 15 is 0 Å². The Morgan fingerprint density at radius 3 is 3.00 bits per heavy atom. The maximum Gasteiger partial charge on any atom is 0.0457 e. The lowest BCUT2D eigenvalue weighted by Gasteiger charge is -1.94. The Morgan fingerprint density at radius 1 is 1.42 bits per heavy atom. The summed E-state index contributed by atoms with van der Waals surface area (Å²) in [7, 11) is 0. The zero-order chi connectivity index (χ0) is 8.55. The number of aromatic amines is 1. The standard InChI is InChI=1S/C11H11N/c1-3-9-4-5-11-10(6-9)8(2)7-12-11/h3-7,12H,1H2,2H3. The topological polar surface area (TPSA) is 15.8 Å². The van der Waals surface area contributed by atoms with Crippen molar-refractivity contribution in [3.63, 3.8) is 0 Å². The maximum absolute atomic E-state index is 3.74. The summed E-state index contributed by atoms with van der Waals surface area (Å²) in [6, 6.07) is 6.29. The second kappa shape index (κ2) is 2.52. The first kappa shape index (κ1) is 7.17. The minimum absolute atomic E-state index is 1.17. The van der Waals surface area contributed by atoms with E-state index in [1.54, 1.807) is 0 Å². The van der Waals surface area contributed by atoms with Gasteiger partial charge in [-0.2, -0.15) is 0 Å². The largest absolute Gasteiger partial charge is 0.361 e. The molecule has 2 aromatic rings. The highest BCUT2D eigenvalue weighted by molar-refractivity contribution is 5.85. The highest BCUT2D eigenvalue weighted by atomic mass is 14.7. The zero-order valence-electron chi connectivity index (χ0n) is 7.09. The molecule has 0 saturated heterocycles. The average Bonchev–Trinajstić information content (AvgIpc) is 2.47. The first-order chi connectivity index (χ1) is 5.81. The minimum atomic E-state index is 1.17. The van der Waals surface area contributed by atoms with E-state index in [4.69, 9.17) is 0 Å². The first-order valence-corrected chi connectivity index (χ1v) is 4.01. The fourth-order valence-corrected chi connectivity index (χ4v) is 1.40. The van der Waals surface area contributed by atoms with Crippen LogP contribution in [0.25, 0.3) is 17.0 Å². The predicted molar refractivity (Wildman–Crippen MR) is 53.1 cm³/mol. The third-order valence-electron chi connectivity index (χ3n) is 2.15. The number of fused-ring (bicyclic) bond motifs is 1. The van der Waals surface area contributed by atoms with Gasteiger partial charge in [-0.05, 0) is 30.2 Å². The molecule has 0 bridgehead atoms. The SMILES string of the molecule is C=Cc1ccc2[nH]cc(C)c2c1. The number of aromatic nitrogens is 1. The zero-order valence-corrected chi connectivity index (χ0v) is 7.09. The van der Waals surface area contributed by atoms with Crippen molar-refractivity contribution in [2.75, 3.05) is 0 Å². The molecule has 0 radical (unpaired) electrons. The second-order valence-corrected chi connectivity index (χ2v) is 2.98. The summed E-state index contributed by atoms with van der Waals surface area (Å²) < 4.78 is 0. The van der Waals surface area contributed by atoms with Crippen LogP contribution in [0.15, 0.2) is 31.0 Å². The molecule has 1 aromatic carbocycles. The number of rotatable bonds is 1. The van der Waals surface area contributed by atoms with Gasteiger partial charge in [0.15, 0.2) is 0 Å². The van der Waals surface area contributed by atoms with Gasteiger partial charge in [0.25, 0.3) is 0 Å². The van der Waals surface area contributed by atoms with Crippen LogP contribution in [-0.4, -0.2) is 4.98 Å². The molecule has 1 nitrogen and oxygen atoms in total. The molecule has 1 heteroatoms. The molecule has 0 aliphatic rings. The molecule has 12 heavy (non-hydrogen) atoms. The lowest BCUT2D eigenvalue weighted by molar-refractivity contribution is 1.43. The van der Waals surface area contributed by atoms with Gasteiger partial charge in [-0.15, -0.1) is 0 Å². The minimum Gasteiger partial charge on any atom is -0.361 e. The molecule has 0 aliphatic heterocycles. The molecule has 0 amide bonds. The Bertz CT molecular complexity index is 423. The van der Waals surface area contributed by atoms with Gasteiger partial charge in [-0.1, -0.05) is 18.7 Å².